The molecule has 0 aromatic heterocycles. The highest BCUT2D eigenvalue weighted by Gasteiger charge is 2.11. The highest BCUT2D eigenvalue weighted by molar-refractivity contribution is 14.1. The molecule has 4 heteroatoms. The van der Waals surface area contributed by atoms with Crippen LogP contribution in [-0.2, 0) is 0 Å². The maximum Gasteiger partial charge on any atom is 0.256 e. The molecule has 0 aliphatic carbocycles. The van der Waals surface area contributed by atoms with E-state index in [9.17, 15) is 4.79 Å². The third-order valence-electron chi connectivity index (χ3n) is 2.87. The number of amides is 1. The molecule has 0 fully saturated rings. The maximum atomic E-state index is 12.2. The van der Waals surface area contributed by atoms with E-state index in [2.05, 4.69) is 49.9 Å². The summed E-state index contributed by atoms with van der Waals surface area (Å²) in [7, 11) is 0. The molecule has 0 unspecified atom stereocenters. The molecule has 0 aliphatic rings. The van der Waals surface area contributed by atoms with E-state index in [0.717, 1.165) is 21.3 Å². The number of hydrogen-bond donors (Lipinski definition) is 1. The second-order valence-electron chi connectivity index (χ2n) is 4.35. The largest absolute Gasteiger partial charge is 0.322 e. The van der Waals surface area contributed by atoms with Crippen LogP contribution in [0.15, 0.2) is 40.9 Å². The van der Waals surface area contributed by atoms with Crippen molar-refractivity contribution in [3.63, 3.8) is 0 Å². The van der Waals surface area contributed by atoms with E-state index in [1.54, 1.807) is 6.07 Å². The van der Waals surface area contributed by atoms with Crippen LogP contribution in [0.5, 0.6) is 0 Å². The first-order chi connectivity index (χ1) is 8.99. The highest BCUT2D eigenvalue weighted by atomic mass is 127. The summed E-state index contributed by atoms with van der Waals surface area (Å²) in [6.45, 7) is 4.03. The Morgan fingerprint density at radius 3 is 2.53 bits per heavy atom. The fourth-order valence-corrected chi connectivity index (χ4v) is 2.84. The lowest BCUT2D eigenvalue weighted by molar-refractivity contribution is 0.102. The number of hydrogen-bond acceptors (Lipinski definition) is 1. The molecule has 0 heterocycles. The molecular weight excluding hydrogens is 417 g/mol. The fourth-order valence-electron chi connectivity index (χ4n) is 1.75. The lowest BCUT2D eigenvalue weighted by atomic mass is 10.1. The lowest BCUT2D eigenvalue weighted by Crippen LogP contribution is -2.13. The lowest BCUT2D eigenvalue weighted by Gasteiger charge is -2.11. The Bertz CT molecular complexity index is 640. The summed E-state index contributed by atoms with van der Waals surface area (Å²) in [4.78, 5) is 12.2. The number of carbonyl (C=O) groups is 1. The van der Waals surface area contributed by atoms with Gasteiger partial charge < -0.3 is 5.32 Å². The Morgan fingerprint density at radius 1 is 1.16 bits per heavy atom. The van der Waals surface area contributed by atoms with Gasteiger partial charge in [0.15, 0.2) is 0 Å². The van der Waals surface area contributed by atoms with Crippen molar-refractivity contribution in [2.24, 2.45) is 0 Å². The number of benzene rings is 2. The molecule has 98 valence electrons. The molecule has 2 aromatic rings. The topological polar surface area (TPSA) is 29.1 Å². The van der Waals surface area contributed by atoms with Crippen molar-refractivity contribution in [3.8, 4) is 0 Å². The number of halogens is 2. The quantitative estimate of drug-likeness (QED) is 0.674. The number of nitrogens with one attached hydrogen (secondary N) is 1. The number of rotatable bonds is 2. The molecule has 1 N–H and O–H groups in total. The van der Waals surface area contributed by atoms with Gasteiger partial charge in [-0.05, 0) is 87.8 Å². The zero-order valence-corrected chi connectivity index (χ0v) is 14.4. The molecule has 0 aliphatic heterocycles. The van der Waals surface area contributed by atoms with E-state index >= 15 is 0 Å². The SMILES string of the molecule is Cc1cc(NC(=O)c2ccccc2Br)c(C)cc1I. The number of carbonyl (C=O) groups excluding carboxylic acids is 1. The summed E-state index contributed by atoms with van der Waals surface area (Å²) in [6, 6.07) is 11.5. The zero-order valence-electron chi connectivity index (χ0n) is 10.6. The molecular formula is C15H13BrINO. The van der Waals surface area contributed by atoms with Crippen molar-refractivity contribution >= 4 is 50.1 Å². The summed E-state index contributed by atoms with van der Waals surface area (Å²) >= 11 is 5.69. The van der Waals surface area contributed by atoms with Crippen molar-refractivity contribution < 1.29 is 4.79 Å². The van der Waals surface area contributed by atoms with Crippen molar-refractivity contribution in [1.82, 2.24) is 0 Å². The third kappa shape index (κ3) is 3.36. The van der Waals surface area contributed by atoms with Gasteiger partial charge in [0.1, 0.15) is 0 Å². The normalized spacial score (nSPS) is 10.3. The van der Waals surface area contributed by atoms with Crippen LogP contribution in [0.2, 0.25) is 0 Å². The molecule has 0 bridgehead atoms. The Balaban J connectivity index is 2.30. The van der Waals surface area contributed by atoms with Gasteiger partial charge in [-0.25, -0.2) is 0 Å². The summed E-state index contributed by atoms with van der Waals surface area (Å²) in [6.07, 6.45) is 0. The first-order valence-corrected chi connectivity index (χ1v) is 7.69. The Morgan fingerprint density at radius 2 is 1.84 bits per heavy atom. The van der Waals surface area contributed by atoms with Crippen LogP contribution in [0, 0.1) is 17.4 Å². The van der Waals surface area contributed by atoms with Crippen LogP contribution in [0.1, 0.15) is 21.5 Å². The summed E-state index contributed by atoms with van der Waals surface area (Å²) in [5.74, 6) is -0.101. The molecule has 19 heavy (non-hydrogen) atoms. The zero-order chi connectivity index (χ0) is 14.0. The average Bonchev–Trinajstić information content (AvgIpc) is 2.36. The van der Waals surface area contributed by atoms with Crippen molar-refractivity contribution in [2.75, 3.05) is 5.32 Å². The van der Waals surface area contributed by atoms with Crippen LogP contribution >= 0.6 is 38.5 Å². The molecule has 0 radical (unpaired) electrons. The fraction of sp³-hybridized carbons (Fsp3) is 0.133. The minimum Gasteiger partial charge on any atom is -0.322 e. The van der Waals surface area contributed by atoms with Gasteiger partial charge in [-0.1, -0.05) is 12.1 Å². The molecule has 0 saturated carbocycles. The van der Waals surface area contributed by atoms with E-state index in [1.165, 1.54) is 3.57 Å². The molecule has 2 nitrogen and oxygen atoms in total. The Kier molecular flexibility index (Phi) is 4.62. The van der Waals surface area contributed by atoms with Gasteiger partial charge in [0, 0.05) is 13.7 Å². The van der Waals surface area contributed by atoms with Crippen LogP contribution in [-0.4, -0.2) is 5.91 Å². The van der Waals surface area contributed by atoms with Gasteiger partial charge in [-0.15, -0.1) is 0 Å². The van der Waals surface area contributed by atoms with Crippen LogP contribution in [0.4, 0.5) is 5.69 Å². The smallest absolute Gasteiger partial charge is 0.256 e. The van der Waals surface area contributed by atoms with E-state index in [1.807, 2.05) is 38.1 Å². The first kappa shape index (κ1) is 14.5. The molecule has 2 rings (SSSR count). The molecule has 2 aromatic carbocycles. The molecule has 0 saturated heterocycles. The van der Waals surface area contributed by atoms with Gasteiger partial charge in [-0.3, -0.25) is 4.79 Å². The number of anilines is 1. The summed E-state index contributed by atoms with van der Waals surface area (Å²) < 4.78 is 2.00. The van der Waals surface area contributed by atoms with Crippen LogP contribution in [0.3, 0.4) is 0 Å². The van der Waals surface area contributed by atoms with Gasteiger partial charge in [-0.2, -0.15) is 0 Å². The van der Waals surface area contributed by atoms with E-state index in [-0.39, 0.29) is 5.91 Å². The predicted octanol–water partition coefficient (Wildman–Crippen LogP) is 4.92. The second kappa shape index (κ2) is 6.05. The number of aryl methyl sites for hydroxylation is 2. The average molecular weight is 430 g/mol. The van der Waals surface area contributed by atoms with Gasteiger partial charge in [0.2, 0.25) is 0 Å². The Hall–Kier alpha value is -0.880. The monoisotopic (exact) mass is 429 g/mol. The Labute approximate surface area is 134 Å². The van der Waals surface area contributed by atoms with Gasteiger partial charge >= 0.3 is 0 Å². The van der Waals surface area contributed by atoms with E-state index in [0.29, 0.717) is 5.56 Å². The summed E-state index contributed by atoms with van der Waals surface area (Å²) in [5.41, 5.74) is 3.72. The van der Waals surface area contributed by atoms with Gasteiger partial charge in [0.25, 0.3) is 5.91 Å². The van der Waals surface area contributed by atoms with Gasteiger partial charge in [0.05, 0.1) is 5.56 Å². The highest BCUT2D eigenvalue weighted by Crippen LogP contribution is 2.23. The molecule has 0 atom stereocenters. The van der Waals surface area contributed by atoms with Crippen molar-refractivity contribution in [3.05, 3.63) is 61.1 Å². The minimum atomic E-state index is -0.101. The molecule has 0 spiro atoms. The minimum absolute atomic E-state index is 0.101. The predicted molar refractivity (Wildman–Crippen MR) is 90.7 cm³/mol. The van der Waals surface area contributed by atoms with Crippen molar-refractivity contribution in [1.29, 1.82) is 0 Å². The van der Waals surface area contributed by atoms with Crippen LogP contribution in [0.25, 0.3) is 0 Å². The van der Waals surface area contributed by atoms with E-state index < -0.39 is 0 Å². The standard InChI is InChI=1S/C15H13BrINO/c1-9-8-14(10(2)7-13(9)17)18-15(19)11-5-3-4-6-12(11)16/h3-8H,1-2H3,(H,18,19). The molecule has 1 amide bonds. The van der Waals surface area contributed by atoms with E-state index in [4.69, 9.17) is 0 Å². The maximum absolute atomic E-state index is 12.2. The first-order valence-electron chi connectivity index (χ1n) is 5.81. The van der Waals surface area contributed by atoms with Crippen LogP contribution < -0.4 is 5.32 Å². The third-order valence-corrected chi connectivity index (χ3v) is 4.73. The van der Waals surface area contributed by atoms with Crippen molar-refractivity contribution in [2.45, 2.75) is 13.8 Å². The second-order valence-corrected chi connectivity index (χ2v) is 6.37. The summed E-state index contributed by atoms with van der Waals surface area (Å²) in [5, 5.41) is 2.96.